The molecule has 1 amide bonds. The van der Waals surface area contributed by atoms with Crippen LogP contribution >= 0.6 is 0 Å². The van der Waals surface area contributed by atoms with Gasteiger partial charge >= 0.3 is 0 Å². The van der Waals surface area contributed by atoms with E-state index in [0.717, 1.165) is 61.9 Å². The molecule has 166 valence electrons. The van der Waals surface area contributed by atoms with Gasteiger partial charge in [0.15, 0.2) is 0 Å². The summed E-state index contributed by atoms with van der Waals surface area (Å²) in [5.74, 6) is 2.24. The summed E-state index contributed by atoms with van der Waals surface area (Å²) in [7, 11) is 4.05. The van der Waals surface area contributed by atoms with Gasteiger partial charge in [0.2, 0.25) is 5.91 Å². The lowest BCUT2D eigenvalue weighted by Crippen LogP contribution is -2.40. The fraction of sp³-hybridized carbons (Fsp3) is 0.542. The zero-order chi connectivity index (χ0) is 21.6. The van der Waals surface area contributed by atoms with E-state index in [1.54, 1.807) is 6.33 Å². The van der Waals surface area contributed by atoms with Crippen LogP contribution in [-0.4, -0.2) is 56.1 Å². The molecule has 0 bridgehead atoms. The second kappa shape index (κ2) is 9.98. The second-order valence-corrected chi connectivity index (χ2v) is 8.82. The van der Waals surface area contributed by atoms with Crippen molar-refractivity contribution in [3.05, 3.63) is 42.2 Å². The molecule has 0 atom stereocenters. The first-order valence-corrected chi connectivity index (χ1v) is 11.5. The van der Waals surface area contributed by atoms with Crippen LogP contribution in [0.4, 0.5) is 17.3 Å². The van der Waals surface area contributed by atoms with Crippen molar-refractivity contribution >= 4 is 23.2 Å². The molecule has 1 N–H and O–H groups in total. The first-order chi connectivity index (χ1) is 15.1. The van der Waals surface area contributed by atoms with Gasteiger partial charge in [-0.3, -0.25) is 4.79 Å². The molecule has 2 aliphatic heterocycles. The van der Waals surface area contributed by atoms with Crippen molar-refractivity contribution in [2.45, 2.75) is 38.6 Å². The van der Waals surface area contributed by atoms with Gasteiger partial charge in [-0.2, -0.15) is 0 Å². The lowest BCUT2D eigenvalue weighted by atomic mass is 9.96. The van der Waals surface area contributed by atoms with Crippen molar-refractivity contribution in [3.63, 3.8) is 0 Å². The van der Waals surface area contributed by atoms with E-state index in [1.165, 1.54) is 19.3 Å². The van der Waals surface area contributed by atoms with Gasteiger partial charge in [-0.1, -0.05) is 12.1 Å². The number of nitrogens with zero attached hydrogens (tertiary/aromatic N) is 5. The zero-order valence-electron chi connectivity index (χ0n) is 18.8. The summed E-state index contributed by atoms with van der Waals surface area (Å²) in [5.41, 5.74) is 2.29. The maximum absolute atomic E-state index is 12.7. The predicted molar refractivity (Wildman–Crippen MR) is 126 cm³/mol. The van der Waals surface area contributed by atoms with Crippen molar-refractivity contribution in [2.75, 3.05) is 55.0 Å². The van der Waals surface area contributed by atoms with Crippen molar-refractivity contribution in [1.29, 1.82) is 0 Å². The van der Waals surface area contributed by atoms with Crippen LogP contribution in [0.2, 0.25) is 0 Å². The van der Waals surface area contributed by atoms with Crippen molar-refractivity contribution < 1.29 is 4.79 Å². The Morgan fingerprint density at radius 1 is 0.968 bits per heavy atom. The molecule has 1 aromatic carbocycles. The third-order valence-electron chi connectivity index (χ3n) is 6.43. The van der Waals surface area contributed by atoms with Crippen LogP contribution in [-0.2, 0) is 11.3 Å². The molecular weight excluding hydrogens is 388 g/mol. The first-order valence-electron chi connectivity index (χ1n) is 11.5. The van der Waals surface area contributed by atoms with Crippen LogP contribution in [0.1, 0.15) is 37.7 Å². The van der Waals surface area contributed by atoms with Gasteiger partial charge in [0.05, 0.1) is 0 Å². The first kappa shape index (κ1) is 21.4. The normalized spacial score (nSPS) is 17.5. The Hall–Kier alpha value is -2.83. The number of anilines is 3. The molecule has 1 aromatic heterocycles. The summed E-state index contributed by atoms with van der Waals surface area (Å²) >= 11 is 0. The van der Waals surface area contributed by atoms with Crippen LogP contribution in [0.5, 0.6) is 0 Å². The summed E-state index contributed by atoms with van der Waals surface area (Å²) in [6.45, 7) is 4.45. The maximum Gasteiger partial charge on any atom is 0.223 e. The predicted octanol–water partition coefficient (Wildman–Crippen LogP) is 3.07. The van der Waals surface area contributed by atoms with E-state index < -0.39 is 0 Å². The molecule has 2 saturated heterocycles. The van der Waals surface area contributed by atoms with Gasteiger partial charge in [0.25, 0.3) is 0 Å². The van der Waals surface area contributed by atoms with Gasteiger partial charge < -0.3 is 20.0 Å². The van der Waals surface area contributed by atoms with E-state index in [1.807, 2.05) is 14.1 Å². The maximum atomic E-state index is 12.7. The zero-order valence-corrected chi connectivity index (χ0v) is 18.8. The quantitative estimate of drug-likeness (QED) is 0.772. The Bertz CT molecular complexity index is 855. The minimum absolute atomic E-state index is 0.0701. The number of carbonyl (C=O) groups is 1. The molecule has 0 radical (unpaired) electrons. The molecule has 31 heavy (non-hydrogen) atoms. The smallest absolute Gasteiger partial charge is 0.223 e. The molecular formula is C24H34N6O. The highest BCUT2D eigenvalue weighted by Gasteiger charge is 2.26. The van der Waals surface area contributed by atoms with Gasteiger partial charge in [0.1, 0.15) is 18.0 Å². The molecule has 2 aliphatic rings. The number of rotatable bonds is 6. The molecule has 0 unspecified atom stereocenters. The van der Waals surface area contributed by atoms with E-state index in [2.05, 4.69) is 60.3 Å². The minimum Gasteiger partial charge on any atom is -0.378 e. The molecule has 3 heterocycles. The van der Waals surface area contributed by atoms with Crippen molar-refractivity contribution in [3.8, 4) is 0 Å². The number of aromatic nitrogens is 2. The highest BCUT2D eigenvalue weighted by molar-refractivity contribution is 5.79. The van der Waals surface area contributed by atoms with E-state index in [9.17, 15) is 4.79 Å². The molecule has 0 saturated carbocycles. The Morgan fingerprint density at radius 3 is 2.19 bits per heavy atom. The summed E-state index contributed by atoms with van der Waals surface area (Å²) in [6, 6.07) is 10.4. The van der Waals surface area contributed by atoms with Crippen LogP contribution in [0.15, 0.2) is 36.7 Å². The third-order valence-corrected chi connectivity index (χ3v) is 6.43. The largest absolute Gasteiger partial charge is 0.378 e. The number of carbonyl (C=O) groups excluding carboxylic acids is 1. The Kier molecular flexibility index (Phi) is 6.89. The van der Waals surface area contributed by atoms with Gasteiger partial charge in [-0.05, 0) is 49.8 Å². The standard InChI is InChI=1S/C24H34N6O/c1-28(2)21-8-6-19(7-9-21)17-25-24(31)20-10-14-30(15-11-20)23-16-22(26-18-27-23)29-12-4-3-5-13-29/h6-9,16,18,20H,3-5,10-15,17H2,1-2H3,(H,25,31). The molecule has 2 fully saturated rings. The molecule has 4 rings (SSSR count). The van der Waals surface area contributed by atoms with E-state index in [0.29, 0.717) is 6.54 Å². The van der Waals surface area contributed by atoms with Crippen LogP contribution < -0.4 is 20.0 Å². The monoisotopic (exact) mass is 422 g/mol. The van der Waals surface area contributed by atoms with Crippen LogP contribution in [0.3, 0.4) is 0 Å². The molecule has 0 spiro atoms. The lowest BCUT2D eigenvalue weighted by molar-refractivity contribution is -0.125. The number of piperidine rings is 2. The number of benzene rings is 1. The number of hydrogen-bond acceptors (Lipinski definition) is 6. The number of nitrogens with one attached hydrogen (secondary N) is 1. The van der Waals surface area contributed by atoms with Gasteiger partial charge in [0, 0.05) is 64.5 Å². The third kappa shape index (κ3) is 5.46. The van der Waals surface area contributed by atoms with E-state index in [4.69, 9.17) is 0 Å². The lowest BCUT2D eigenvalue weighted by Gasteiger charge is -2.33. The Labute approximate surface area is 185 Å². The van der Waals surface area contributed by atoms with Crippen LogP contribution in [0, 0.1) is 5.92 Å². The average molecular weight is 423 g/mol. The molecule has 7 nitrogen and oxygen atoms in total. The molecule has 0 aliphatic carbocycles. The fourth-order valence-electron chi connectivity index (χ4n) is 4.42. The molecule has 2 aromatic rings. The summed E-state index contributed by atoms with van der Waals surface area (Å²) < 4.78 is 0. The van der Waals surface area contributed by atoms with Crippen molar-refractivity contribution in [2.24, 2.45) is 5.92 Å². The fourth-order valence-corrected chi connectivity index (χ4v) is 4.42. The summed E-state index contributed by atoms with van der Waals surface area (Å²) in [6.07, 6.45) is 7.17. The average Bonchev–Trinajstić information content (AvgIpc) is 2.83. The highest BCUT2D eigenvalue weighted by atomic mass is 16.1. The second-order valence-electron chi connectivity index (χ2n) is 8.82. The van der Waals surface area contributed by atoms with Crippen molar-refractivity contribution in [1.82, 2.24) is 15.3 Å². The van der Waals surface area contributed by atoms with Gasteiger partial charge in [-0.15, -0.1) is 0 Å². The Balaban J connectivity index is 1.27. The molecule has 7 heteroatoms. The Morgan fingerprint density at radius 2 is 1.58 bits per heavy atom. The van der Waals surface area contributed by atoms with E-state index in [-0.39, 0.29) is 11.8 Å². The topological polar surface area (TPSA) is 64.6 Å². The SMILES string of the molecule is CN(C)c1ccc(CNC(=O)C2CCN(c3cc(N4CCCCC4)ncn3)CC2)cc1. The number of amides is 1. The number of hydrogen-bond donors (Lipinski definition) is 1. The summed E-state index contributed by atoms with van der Waals surface area (Å²) in [4.78, 5) is 28.4. The highest BCUT2D eigenvalue weighted by Crippen LogP contribution is 2.25. The van der Waals surface area contributed by atoms with Crippen LogP contribution in [0.25, 0.3) is 0 Å². The minimum atomic E-state index is 0.0701. The van der Waals surface area contributed by atoms with Gasteiger partial charge in [-0.25, -0.2) is 9.97 Å². The summed E-state index contributed by atoms with van der Waals surface area (Å²) in [5, 5.41) is 3.12. The van der Waals surface area contributed by atoms with E-state index >= 15 is 0 Å².